The second kappa shape index (κ2) is 4.72. The average molecular weight is 256 g/mol. The molecule has 0 saturated heterocycles. The fraction of sp³-hybridized carbons (Fsp3) is 0.438. The summed E-state index contributed by atoms with van der Waals surface area (Å²) in [6.45, 7) is 4.02. The van der Waals surface area contributed by atoms with E-state index in [1.807, 2.05) is 6.92 Å². The highest BCUT2D eigenvalue weighted by Gasteiger charge is 2.23. The molecule has 2 aromatic rings. The number of aryl methyl sites for hydroxylation is 2. The molecule has 1 unspecified atom stereocenters. The van der Waals surface area contributed by atoms with E-state index < -0.39 is 0 Å². The first-order valence-corrected chi connectivity index (χ1v) is 7.07. The van der Waals surface area contributed by atoms with Gasteiger partial charge in [0, 0.05) is 29.1 Å². The maximum atomic E-state index is 11.5. The van der Waals surface area contributed by atoms with Crippen LogP contribution >= 0.6 is 0 Å². The summed E-state index contributed by atoms with van der Waals surface area (Å²) in [5.41, 5.74) is 5.25. The number of aromatic nitrogens is 1. The highest BCUT2D eigenvalue weighted by Crippen LogP contribution is 2.29. The summed E-state index contributed by atoms with van der Waals surface area (Å²) in [6, 6.07) is 6.85. The van der Waals surface area contributed by atoms with Gasteiger partial charge in [-0.25, -0.2) is 0 Å². The summed E-state index contributed by atoms with van der Waals surface area (Å²) < 4.78 is 0. The Labute approximate surface area is 113 Å². The van der Waals surface area contributed by atoms with Crippen molar-refractivity contribution >= 4 is 16.8 Å². The van der Waals surface area contributed by atoms with Gasteiger partial charge in [0.1, 0.15) is 0 Å². The molecule has 1 aliphatic rings. The number of amides is 1. The highest BCUT2D eigenvalue weighted by atomic mass is 16.1. The Kier molecular flexibility index (Phi) is 3.05. The molecule has 19 heavy (non-hydrogen) atoms. The smallest absolute Gasteiger partial charge is 0.219 e. The van der Waals surface area contributed by atoms with Crippen LogP contribution in [0.25, 0.3) is 10.9 Å². The minimum Gasteiger partial charge on any atom is -0.358 e. The fourth-order valence-electron chi connectivity index (χ4n) is 2.99. The molecule has 1 aromatic heterocycles. The lowest BCUT2D eigenvalue weighted by Gasteiger charge is -2.23. The summed E-state index contributed by atoms with van der Waals surface area (Å²) in [5, 5.41) is 4.44. The second-order valence-corrected chi connectivity index (χ2v) is 5.49. The Balaban J connectivity index is 1.91. The zero-order chi connectivity index (χ0) is 13.4. The predicted octanol–water partition coefficient (Wildman–Crippen LogP) is 2.86. The van der Waals surface area contributed by atoms with Gasteiger partial charge in [0.15, 0.2) is 0 Å². The Morgan fingerprint density at radius 1 is 1.47 bits per heavy atom. The van der Waals surface area contributed by atoms with Crippen molar-refractivity contribution < 1.29 is 4.79 Å². The first-order valence-electron chi connectivity index (χ1n) is 7.07. The molecule has 3 rings (SSSR count). The minimum atomic E-state index is 0.157. The lowest BCUT2D eigenvalue weighted by Crippen LogP contribution is -2.38. The van der Waals surface area contributed by atoms with Crippen molar-refractivity contribution in [1.82, 2.24) is 10.3 Å². The number of H-pyrrole nitrogens is 1. The molecular formula is C16H20N2O. The number of hydrogen-bond donors (Lipinski definition) is 2. The van der Waals surface area contributed by atoms with Crippen LogP contribution in [-0.4, -0.2) is 16.9 Å². The van der Waals surface area contributed by atoms with Crippen molar-refractivity contribution in [3.63, 3.8) is 0 Å². The summed E-state index contributed by atoms with van der Waals surface area (Å²) in [4.78, 5) is 15.1. The van der Waals surface area contributed by atoms with Crippen molar-refractivity contribution in [3.8, 4) is 0 Å². The van der Waals surface area contributed by atoms with Crippen LogP contribution in [0.2, 0.25) is 0 Å². The fourth-order valence-corrected chi connectivity index (χ4v) is 2.99. The molecule has 1 aromatic carbocycles. The number of benzene rings is 1. The van der Waals surface area contributed by atoms with Crippen LogP contribution in [-0.2, 0) is 17.6 Å². The molecule has 1 amide bonds. The van der Waals surface area contributed by atoms with Gasteiger partial charge in [0.05, 0.1) is 0 Å². The van der Waals surface area contributed by atoms with E-state index in [2.05, 4.69) is 35.4 Å². The molecule has 3 nitrogen and oxygen atoms in total. The first-order chi connectivity index (χ1) is 9.17. The van der Waals surface area contributed by atoms with E-state index >= 15 is 0 Å². The lowest BCUT2D eigenvalue weighted by atomic mass is 9.91. The third kappa shape index (κ3) is 2.25. The predicted molar refractivity (Wildman–Crippen MR) is 77.3 cm³/mol. The van der Waals surface area contributed by atoms with Crippen LogP contribution in [0.1, 0.15) is 36.6 Å². The number of rotatable bonds is 2. The van der Waals surface area contributed by atoms with E-state index in [0.29, 0.717) is 12.5 Å². The van der Waals surface area contributed by atoms with Crippen molar-refractivity contribution in [2.45, 2.75) is 45.6 Å². The molecule has 1 atom stereocenters. The Bertz CT molecular complexity index is 627. The molecule has 0 fully saturated rings. The Morgan fingerprint density at radius 3 is 3.11 bits per heavy atom. The molecule has 1 heterocycles. The van der Waals surface area contributed by atoms with Gasteiger partial charge in [-0.15, -0.1) is 0 Å². The average Bonchev–Trinajstić information content (AvgIpc) is 2.75. The molecule has 0 bridgehead atoms. The maximum Gasteiger partial charge on any atom is 0.219 e. The van der Waals surface area contributed by atoms with Gasteiger partial charge in [-0.3, -0.25) is 4.79 Å². The van der Waals surface area contributed by atoms with Crippen LogP contribution in [0.4, 0.5) is 0 Å². The van der Waals surface area contributed by atoms with Crippen molar-refractivity contribution in [2.24, 2.45) is 0 Å². The van der Waals surface area contributed by atoms with Gasteiger partial charge in [0.25, 0.3) is 0 Å². The third-order valence-electron chi connectivity index (χ3n) is 4.03. The second-order valence-electron chi connectivity index (χ2n) is 5.49. The van der Waals surface area contributed by atoms with Crippen LogP contribution < -0.4 is 5.32 Å². The number of nitrogens with one attached hydrogen (secondary N) is 2. The number of carbonyl (C=O) groups excluding carboxylic acids is 1. The molecular weight excluding hydrogens is 236 g/mol. The number of aromatic amines is 1. The molecule has 0 aliphatic heterocycles. The van der Waals surface area contributed by atoms with Crippen LogP contribution in [0, 0.1) is 6.92 Å². The van der Waals surface area contributed by atoms with Crippen LogP contribution in [0.15, 0.2) is 18.2 Å². The van der Waals surface area contributed by atoms with Crippen molar-refractivity contribution in [2.75, 3.05) is 0 Å². The number of carbonyl (C=O) groups is 1. The van der Waals surface area contributed by atoms with E-state index in [9.17, 15) is 4.79 Å². The van der Waals surface area contributed by atoms with Gasteiger partial charge in [-0.2, -0.15) is 0 Å². The standard InChI is InChI=1S/C16H20N2O/c1-3-16(19)17-11-5-7-14-13(9-11)12-6-4-10(2)8-15(12)18-14/h4,6,8,11,18H,3,5,7,9H2,1-2H3,(H,17,19). The quantitative estimate of drug-likeness (QED) is 0.852. The zero-order valence-corrected chi connectivity index (χ0v) is 11.5. The highest BCUT2D eigenvalue weighted by molar-refractivity contribution is 5.85. The molecule has 2 N–H and O–H groups in total. The summed E-state index contributed by atoms with van der Waals surface area (Å²) >= 11 is 0. The SMILES string of the molecule is CCC(=O)NC1CCc2[nH]c3cc(C)ccc3c2C1. The topological polar surface area (TPSA) is 44.9 Å². The normalized spacial score (nSPS) is 18.3. The molecule has 0 saturated carbocycles. The van der Waals surface area contributed by atoms with E-state index in [-0.39, 0.29) is 5.91 Å². The number of hydrogen-bond acceptors (Lipinski definition) is 1. The van der Waals surface area contributed by atoms with Gasteiger partial charge in [-0.1, -0.05) is 19.1 Å². The lowest BCUT2D eigenvalue weighted by molar-refractivity contribution is -0.121. The van der Waals surface area contributed by atoms with Crippen LogP contribution in [0.5, 0.6) is 0 Å². The van der Waals surface area contributed by atoms with E-state index in [0.717, 1.165) is 19.3 Å². The van der Waals surface area contributed by atoms with E-state index in [4.69, 9.17) is 0 Å². The zero-order valence-electron chi connectivity index (χ0n) is 11.5. The van der Waals surface area contributed by atoms with E-state index in [1.165, 1.54) is 27.7 Å². The minimum absolute atomic E-state index is 0.157. The Morgan fingerprint density at radius 2 is 2.32 bits per heavy atom. The molecule has 0 spiro atoms. The monoisotopic (exact) mass is 256 g/mol. The van der Waals surface area contributed by atoms with Gasteiger partial charge in [-0.05, 0) is 43.4 Å². The molecule has 3 heteroatoms. The van der Waals surface area contributed by atoms with Crippen molar-refractivity contribution in [3.05, 3.63) is 35.0 Å². The number of fused-ring (bicyclic) bond motifs is 3. The van der Waals surface area contributed by atoms with Crippen molar-refractivity contribution in [1.29, 1.82) is 0 Å². The maximum absolute atomic E-state index is 11.5. The summed E-state index contributed by atoms with van der Waals surface area (Å²) in [7, 11) is 0. The van der Waals surface area contributed by atoms with Crippen LogP contribution in [0.3, 0.4) is 0 Å². The van der Waals surface area contributed by atoms with Gasteiger partial charge in [0.2, 0.25) is 5.91 Å². The summed E-state index contributed by atoms with van der Waals surface area (Å²) in [6.07, 6.45) is 3.57. The molecule has 0 radical (unpaired) electrons. The first kappa shape index (κ1) is 12.3. The van der Waals surface area contributed by atoms with Gasteiger partial charge < -0.3 is 10.3 Å². The summed E-state index contributed by atoms with van der Waals surface area (Å²) in [5.74, 6) is 0.157. The van der Waals surface area contributed by atoms with Gasteiger partial charge >= 0.3 is 0 Å². The largest absolute Gasteiger partial charge is 0.358 e. The Hall–Kier alpha value is -1.77. The molecule has 100 valence electrons. The third-order valence-corrected chi connectivity index (χ3v) is 4.03. The molecule has 1 aliphatic carbocycles. The van der Waals surface area contributed by atoms with E-state index in [1.54, 1.807) is 0 Å².